The first-order valence-electron chi connectivity index (χ1n) is 6.17. The summed E-state index contributed by atoms with van der Waals surface area (Å²) in [4.78, 5) is 12.1. The Morgan fingerprint density at radius 2 is 1.80 bits per heavy atom. The smallest absolute Gasteiger partial charge is 0.269 e. The zero-order chi connectivity index (χ0) is 13.9. The van der Waals surface area contributed by atoms with Crippen LogP contribution in [0.3, 0.4) is 0 Å². The third kappa shape index (κ3) is 2.56. The number of hydrogen-bond acceptors (Lipinski definition) is 3. The van der Waals surface area contributed by atoms with Gasteiger partial charge in [0.2, 0.25) is 6.10 Å². The van der Waals surface area contributed by atoms with Crippen molar-refractivity contribution in [3.05, 3.63) is 54.3 Å². The first-order valence-corrected chi connectivity index (χ1v) is 6.17. The van der Waals surface area contributed by atoms with Crippen molar-refractivity contribution in [3.8, 4) is 11.5 Å². The topological polar surface area (TPSA) is 47.6 Å². The number of fused-ring (bicyclic) bond motifs is 1. The van der Waals surface area contributed by atoms with E-state index in [1.54, 1.807) is 12.1 Å². The Balaban J connectivity index is 1.68. The Hall–Kier alpha value is -2.56. The van der Waals surface area contributed by atoms with E-state index in [1.807, 2.05) is 12.1 Å². The van der Waals surface area contributed by atoms with Gasteiger partial charge in [-0.2, -0.15) is 0 Å². The third-order valence-electron chi connectivity index (χ3n) is 2.91. The molecule has 0 saturated carbocycles. The number of benzene rings is 2. The van der Waals surface area contributed by atoms with E-state index in [0.717, 1.165) is 0 Å². The molecule has 0 bridgehead atoms. The monoisotopic (exact) mass is 273 g/mol. The predicted octanol–water partition coefficient (Wildman–Crippen LogP) is 2.60. The maximum Gasteiger partial charge on any atom is 0.269 e. The highest BCUT2D eigenvalue weighted by Crippen LogP contribution is 2.31. The molecule has 5 heteroatoms. The largest absolute Gasteiger partial charge is 0.485 e. The van der Waals surface area contributed by atoms with Crippen molar-refractivity contribution >= 4 is 11.6 Å². The molecule has 0 saturated heterocycles. The first kappa shape index (κ1) is 12.5. The van der Waals surface area contributed by atoms with Gasteiger partial charge in [0.25, 0.3) is 5.91 Å². The van der Waals surface area contributed by atoms with Crippen molar-refractivity contribution in [2.45, 2.75) is 6.10 Å². The molecule has 4 nitrogen and oxygen atoms in total. The maximum atomic E-state index is 12.8. The molecule has 0 radical (unpaired) electrons. The fraction of sp³-hybridized carbons (Fsp3) is 0.133. The molecule has 20 heavy (non-hydrogen) atoms. The van der Waals surface area contributed by atoms with E-state index in [2.05, 4.69) is 5.32 Å². The number of carbonyl (C=O) groups excluding carboxylic acids is 1. The Labute approximate surface area is 115 Å². The number of halogens is 1. The van der Waals surface area contributed by atoms with Gasteiger partial charge in [-0.25, -0.2) is 4.39 Å². The van der Waals surface area contributed by atoms with E-state index in [1.165, 1.54) is 24.3 Å². The fourth-order valence-corrected chi connectivity index (χ4v) is 1.90. The van der Waals surface area contributed by atoms with E-state index < -0.39 is 6.10 Å². The summed E-state index contributed by atoms with van der Waals surface area (Å²) >= 11 is 0. The Kier molecular flexibility index (Phi) is 3.25. The van der Waals surface area contributed by atoms with Crippen LogP contribution in [0, 0.1) is 5.82 Å². The zero-order valence-electron chi connectivity index (χ0n) is 10.5. The van der Waals surface area contributed by atoms with Crippen LogP contribution in [0.5, 0.6) is 11.5 Å². The summed E-state index contributed by atoms with van der Waals surface area (Å²) in [6, 6.07) is 12.7. The molecule has 2 aromatic carbocycles. The second kappa shape index (κ2) is 5.21. The van der Waals surface area contributed by atoms with Gasteiger partial charge in [-0.3, -0.25) is 4.79 Å². The van der Waals surface area contributed by atoms with Crippen LogP contribution in [0.2, 0.25) is 0 Å². The second-order valence-corrected chi connectivity index (χ2v) is 4.36. The molecule has 0 aliphatic carbocycles. The highest BCUT2D eigenvalue weighted by molar-refractivity contribution is 5.94. The van der Waals surface area contributed by atoms with Gasteiger partial charge in [0.05, 0.1) is 0 Å². The lowest BCUT2D eigenvalue weighted by atomic mass is 10.2. The van der Waals surface area contributed by atoms with Gasteiger partial charge >= 0.3 is 0 Å². The van der Waals surface area contributed by atoms with Gasteiger partial charge in [-0.05, 0) is 36.4 Å². The molecule has 2 aromatic rings. The second-order valence-electron chi connectivity index (χ2n) is 4.36. The van der Waals surface area contributed by atoms with Crippen LogP contribution in [0.25, 0.3) is 0 Å². The quantitative estimate of drug-likeness (QED) is 0.915. The minimum Gasteiger partial charge on any atom is -0.485 e. The summed E-state index contributed by atoms with van der Waals surface area (Å²) < 4.78 is 23.8. The average molecular weight is 273 g/mol. The number of anilines is 1. The third-order valence-corrected chi connectivity index (χ3v) is 2.91. The molecular weight excluding hydrogens is 261 g/mol. The lowest BCUT2D eigenvalue weighted by Gasteiger charge is -2.25. The molecule has 0 unspecified atom stereocenters. The van der Waals surface area contributed by atoms with Crippen LogP contribution in [0.1, 0.15) is 0 Å². The van der Waals surface area contributed by atoms with Crippen LogP contribution >= 0.6 is 0 Å². The van der Waals surface area contributed by atoms with Crippen LogP contribution in [0.15, 0.2) is 48.5 Å². The van der Waals surface area contributed by atoms with E-state index in [9.17, 15) is 9.18 Å². The van der Waals surface area contributed by atoms with E-state index in [-0.39, 0.29) is 18.3 Å². The van der Waals surface area contributed by atoms with Gasteiger partial charge in [-0.1, -0.05) is 12.1 Å². The van der Waals surface area contributed by atoms with Crippen molar-refractivity contribution < 1.29 is 18.7 Å². The van der Waals surface area contributed by atoms with Crippen LogP contribution in [-0.4, -0.2) is 18.6 Å². The Morgan fingerprint density at radius 3 is 2.55 bits per heavy atom. The van der Waals surface area contributed by atoms with Crippen LogP contribution < -0.4 is 14.8 Å². The summed E-state index contributed by atoms with van der Waals surface area (Å²) in [7, 11) is 0. The zero-order valence-corrected chi connectivity index (χ0v) is 10.5. The average Bonchev–Trinajstić information content (AvgIpc) is 2.49. The van der Waals surface area contributed by atoms with Crippen LogP contribution in [0.4, 0.5) is 10.1 Å². The fourth-order valence-electron chi connectivity index (χ4n) is 1.90. The summed E-state index contributed by atoms with van der Waals surface area (Å²) in [6.45, 7) is 0.143. The standard InChI is InChI=1S/C15H12FNO3/c16-10-5-7-11(8-6-10)17-15(18)14-9-19-12-3-1-2-4-13(12)20-14/h1-8,14H,9H2,(H,17,18)/t14-/m0/s1. The molecule has 1 amide bonds. The summed E-state index contributed by atoms with van der Waals surface area (Å²) in [5.41, 5.74) is 0.513. The SMILES string of the molecule is O=C(Nc1ccc(F)cc1)[C@@H]1COc2ccccc2O1. The van der Waals surface area contributed by atoms with Crippen molar-refractivity contribution in [2.75, 3.05) is 11.9 Å². The van der Waals surface area contributed by atoms with E-state index in [0.29, 0.717) is 17.2 Å². The number of carbonyl (C=O) groups is 1. The van der Waals surface area contributed by atoms with Crippen LogP contribution in [-0.2, 0) is 4.79 Å². The summed E-state index contributed by atoms with van der Waals surface area (Å²) in [6.07, 6.45) is -0.727. The Morgan fingerprint density at radius 1 is 1.10 bits per heavy atom. The highest BCUT2D eigenvalue weighted by Gasteiger charge is 2.27. The molecule has 1 aliphatic heterocycles. The van der Waals surface area contributed by atoms with Gasteiger partial charge < -0.3 is 14.8 Å². The van der Waals surface area contributed by atoms with E-state index >= 15 is 0 Å². The summed E-state index contributed by atoms with van der Waals surface area (Å²) in [5, 5.41) is 2.66. The molecule has 0 aromatic heterocycles. The van der Waals surface area contributed by atoms with Gasteiger partial charge in [0.15, 0.2) is 11.5 Å². The molecule has 1 aliphatic rings. The number of para-hydroxylation sites is 2. The van der Waals surface area contributed by atoms with E-state index in [4.69, 9.17) is 9.47 Å². The molecular formula is C15H12FNO3. The van der Waals surface area contributed by atoms with Gasteiger partial charge in [0, 0.05) is 5.69 Å². The number of hydrogen-bond donors (Lipinski definition) is 1. The van der Waals surface area contributed by atoms with Gasteiger partial charge in [-0.15, -0.1) is 0 Å². The lowest BCUT2D eigenvalue weighted by molar-refractivity contribution is -0.125. The summed E-state index contributed by atoms with van der Waals surface area (Å²) in [5.74, 6) is 0.483. The minimum absolute atomic E-state index is 0.143. The predicted molar refractivity (Wildman–Crippen MR) is 71.4 cm³/mol. The first-order chi connectivity index (χ1) is 9.72. The number of amides is 1. The van der Waals surface area contributed by atoms with Crippen molar-refractivity contribution in [1.82, 2.24) is 0 Å². The molecule has 1 heterocycles. The molecule has 1 atom stereocenters. The molecule has 0 spiro atoms. The lowest BCUT2D eigenvalue weighted by Crippen LogP contribution is -2.40. The molecule has 0 fully saturated rings. The number of ether oxygens (including phenoxy) is 2. The Bertz CT molecular complexity index is 627. The maximum absolute atomic E-state index is 12.8. The number of rotatable bonds is 2. The molecule has 102 valence electrons. The normalized spacial score (nSPS) is 16.6. The highest BCUT2D eigenvalue weighted by atomic mass is 19.1. The molecule has 1 N–H and O–H groups in total. The van der Waals surface area contributed by atoms with Crippen molar-refractivity contribution in [1.29, 1.82) is 0 Å². The molecule has 3 rings (SSSR count). The minimum atomic E-state index is -0.727. The number of nitrogens with one attached hydrogen (secondary N) is 1. The van der Waals surface area contributed by atoms with Gasteiger partial charge in [0.1, 0.15) is 12.4 Å². The van der Waals surface area contributed by atoms with Crippen molar-refractivity contribution in [3.63, 3.8) is 0 Å². The van der Waals surface area contributed by atoms with Crippen molar-refractivity contribution in [2.24, 2.45) is 0 Å².